The SMILES string of the molecule is CC1(C)CCC(C)(C(F)(F)C(F)(F)C2(C)OCC(C)(C)CO2)CC1. The van der Waals surface area contributed by atoms with Crippen LogP contribution in [-0.2, 0) is 9.47 Å². The lowest BCUT2D eigenvalue weighted by Gasteiger charge is -2.52. The van der Waals surface area contributed by atoms with Crippen LogP contribution in [-0.4, -0.2) is 30.8 Å². The summed E-state index contributed by atoms with van der Waals surface area (Å²) in [4.78, 5) is 0. The molecule has 2 rings (SSSR count). The zero-order valence-electron chi connectivity index (χ0n) is 15.6. The van der Waals surface area contributed by atoms with Crippen molar-refractivity contribution >= 4 is 0 Å². The molecule has 1 saturated heterocycles. The lowest BCUT2D eigenvalue weighted by molar-refractivity contribution is -0.424. The van der Waals surface area contributed by atoms with Gasteiger partial charge in [0, 0.05) is 10.8 Å². The molecule has 2 nitrogen and oxygen atoms in total. The Morgan fingerprint density at radius 2 is 1.04 bits per heavy atom. The summed E-state index contributed by atoms with van der Waals surface area (Å²) in [7, 11) is 0. The van der Waals surface area contributed by atoms with Crippen LogP contribution in [0.5, 0.6) is 0 Å². The van der Waals surface area contributed by atoms with E-state index in [4.69, 9.17) is 9.47 Å². The van der Waals surface area contributed by atoms with Gasteiger partial charge in [0.05, 0.1) is 13.2 Å². The monoisotopic (exact) mass is 354 g/mol. The van der Waals surface area contributed by atoms with Crippen molar-refractivity contribution in [2.45, 2.75) is 84.9 Å². The van der Waals surface area contributed by atoms with Gasteiger partial charge in [-0.05, 0) is 38.0 Å². The molecular formula is C18H30F4O2. The molecule has 0 amide bonds. The Hall–Kier alpha value is -0.360. The molecule has 0 N–H and O–H groups in total. The van der Waals surface area contributed by atoms with Crippen molar-refractivity contribution in [3.8, 4) is 0 Å². The second kappa shape index (κ2) is 5.57. The summed E-state index contributed by atoms with van der Waals surface area (Å²) >= 11 is 0. The van der Waals surface area contributed by atoms with Crippen LogP contribution in [0.2, 0.25) is 0 Å². The van der Waals surface area contributed by atoms with Gasteiger partial charge in [0.2, 0.25) is 5.79 Å². The van der Waals surface area contributed by atoms with Gasteiger partial charge in [-0.15, -0.1) is 0 Å². The molecule has 6 heteroatoms. The van der Waals surface area contributed by atoms with E-state index in [1.54, 1.807) is 13.8 Å². The van der Waals surface area contributed by atoms with Crippen molar-refractivity contribution in [3.63, 3.8) is 0 Å². The standard InChI is InChI=1S/C18H30F4O2/c1-13(2)7-9-15(5,10-8-13)17(19,20)18(21,22)16(6)23-11-14(3,4)12-24-16/h7-12H2,1-6H3. The van der Waals surface area contributed by atoms with E-state index in [0.717, 1.165) is 6.92 Å². The molecule has 0 atom stereocenters. The van der Waals surface area contributed by atoms with Crippen molar-refractivity contribution in [1.82, 2.24) is 0 Å². The van der Waals surface area contributed by atoms with E-state index >= 15 is 8.78 Å². The van der Waals surface area contributed by atoms with Crippen LogP contribution < -0.4 is 0 Å². The molecule has 0 aromatic rings. The van der Waals surface area contributed by atoms with Crippen LogP contribution in [0.4, 0.5) is 17.6 Å². The molecule has 1 saturated carbocycles. The van der Waals surface area contributed by atoms with E-state index in [-0.39, 0.29) is 31.5 Å². The summed E-state index contributed by atoms with van der Waals surface area (Å²) in [5.41, 5.74) is -2.32. The Morgan fingerprint density at radius 3 is 1.46 bits per heavy atom. The van der Waals surface area contributed by atoms with Crippen LogP contribution in [0.3, 0.4) is 0 Å². The number of hydrogen-bond donors (Lipinski definition) is 0. The molecule has 0 spiro atoms. The second-order valence-electron chi connectivity index (χ2n) is 9.56. The van der Waals surface area contributed by atoms with E-state index in [1.165, 1.54) is 6.92 Å². The third-order valence-corrected chi connectivity index (χ3v) is 5.91. The first-order valence-electron chi connectivity index (χ1n) is 8.61. The minimum absolute atomic E-state index is 0.0427. The topological polar surface area (TPSA) is 18.5 Å². The number of alkyl halides is 4. The molecule has 0 radical (unpaired) electrons. The smallest absolute Gasteiger partial charge is 0.344 e. The van der Waals surface area contributed by atoms with Gasteiger partial charge in [0.15, 0.2) is 0 Å². The Bertz CT molecular complexity index is 421. The summed E-state index contributed by atoms with van der Waals surface area (Å²) in [5, 5.41) is 0. The van der Waals surface area contributed by atoms with Gasteiger partial charge in [0.25, 0.3) is 0 Å². The lowest BCUT2D eigenvalue weighted by atomic mass is 9.62. The number of rotatable bonds is 3. The van der Waals surface area contributed by atoms with E-state index in [0.29, 0.717) is 12.8 Å². The highest BCUT2D eigenvalue weighted by molar-refractivity contribution is 5.07. The summed E-state index contributed by atoms with van der Waals surface area (Å²) in [6.07, 6.45) is 1.12. The van der Waals surface area contributed by atoms with Crippen LogP contribution in [0.1, 0.15) is 67.2 Å². The minimum Gasteiger partial charge on any atom is -0.344 e. The molecule has 0 aromatic heterocycles. The number of hydrogen-bond acceptors (Lipinski definition) is 2. The molecular weight excluding hydrogens is 324 g/mol. The molecule has 24 heavy (non-hydrogen) atoms. The third kappa shape index (κ3) is 3.09. The quantitative estimate of drug-likeness (QED) is 0.610. The Kier molecular flexibility index (Phi) is 4.63. The fourth-order valence-corrected chi connectivity index (χ4v) is 3.39. The fourth-order valence-electron chi connectivity index (χ4n) is 3.39. The summed E-state index contributed by atoms with van der Waals surface area (Å²) in [6.45, 7) is 9.66. The molecule has 1 aliphatic carbocycles. The number of halogens is 4. The summed E-state index contributed by atoms with van der Waals surface area (Å²) in [6, 6.07) is 0. The minimum atomic E-state index is -4.41. The first-order chi connectivity index (χ1) is 10.6. The third-order valence-electron chi connectivity index (χ3n) is 5.91. The van der Waals surface area contributed by atoms with E-state index < -0.39 is 28.5 Å². The maximum Gasteiger partial charge on any atom is 0.362 e. The van der Waals surface area contributed by atoms with Gasteiger partial charge in [-0.3, -0.25) is 0 Å². The molecule has 0 aromatic carbocycles. The van der Waals surface area contributed by atoms with Gasteiger partial charge >= 0.3 is 11.8 Å². The predicted octanol–water partition coefficient (Wildman–Crippen LogP) is 5.65. The highest BCUT2D eigenvalue weighted by Crippen LogP contribution is 2.60. The zero-order chi connectivity index (χ0) is 18.7. The highest BCUT2D eigenvalue weighted by atomic mass is 19.3. The van der Waals surface area contributed by atoms with Crippen LogP contribution in [0, 0.1) is 16.2 Å². The predicted molar refractivity (Wildman–Crippen MR) is 84.3 cm³/mol. The van der Waals surface area contributed by atoms with Crippen LogP contribution in [0.15, 0.2) is 0 Å². The summed E-state index contributed by atoms with van der Waals surface area (Å²) < 4.78 is 70.3. The van der Waals surface area contributed by atoms with Crippen LogP contribution >= 0.6 is 0 Å². The first kappa shape index (κ1) is 20.0. The highest BCUT2D eigenvalue weighted by Gasteiger charge is 2.75. The molecule has 2 aliphatic rings. The van der Waals surface area contributed by atoms with E-state index in [2.05, 4.69) is 0 Å². The van der Waals surface area contributed by atoms with Crippen LogP contribution in [0.25, 0.3) is 0 Å². The molecule has 1 aliphatic heterocycles. The largest absolute Gasteiger partial charge is 0.362 e. The first-order valence-corrected chi connectivity index (χ1v) is 8.61. The second-order valence-corrected chi connectivity index (χ2v) is 9.56. The van der Waals surface area contributed by atoms with E-state index in [1.807, 2.05) is 13.8 Å². The van der Waals surface area contributed by atoms with Gasteiger partial charge in [-0.1, -0.05) is 34.6 Å². The molecule has 2 fully saturated rings. The Balaban J connectivity index is 2.26. The average molecular weight is 354 g/mol. The summed E-state index contributed by atoms with van der Waals surface area (Å²) in [5.74, 6) is -11.2. The van der Waals surface area contributed by atoms with E-state index in [9.17, 15) is 8.78 Å². The van der Waals surface area contributed by atoms with Crippen molar-refractivity contribution in [1.29, 1.82) is 0 Å². The Morgan fingerprint density at radius 1 is 0.625 bits per heavy atom. The lowest BCUT2D eigenvalue weighted by Crippen LogP contribution is -2.67. The molecule has 142 valence electrons. The van der Waals surface area contributed by atoms with Crippen molar-refractivity contribution in [2.75, 3.05) is 13.2 Å². The molecule has 1 heterocycles. The molecule has 0 unspecified atom stereocenters. The Labute approximate surface area is 142 Å². The van der Waals surface area contributed by atoms with Crippen molar-refractivity contribution < 1.29 is 27.0 Å². The van der Waals surface area contributed by atoms with Gasteiger partial charge in [0.1, 0.15) is 0 Å². The zero-order valence-corrected chi connectivity index (χ0v) is 15.6. The van der Waals surface area contributed by atoms with Gasteiger partial charge in [-0.2, -0.15) is 17.6 Å². The number of ether oxygens (including phenoxy) is 2. The maximum atomic E-state index is 15.0. The maximum absolute atomic E-state index is 15.0. The van der Waals surface area contributed by atoms with Gasteiger partial charge in [-0.25, -0.2) is 0 Å². The van der Waals surface area contributed by atoms with Crippen molar-refractivity contribution in [3.05, 3.63) is 0 Å². The van der Waals surface area contributed by atoms with Gasteiger partial charge < -0.3 is 9.47 Å². The normalized spacial score (nSPS) is 29.2. The molecule has 0 bridgehead atoms. The average Bonchev–Trinajstić information content (AvgIpc) is 2.45. The fraction of sp³-hybridized carbons (Fsp3) is 1.00. The van der Waals surface area contributed by atoms with Crippen molar-refractivity contribution in [2.24, 2.45) is 16.2 Å².